The van der Waals surface area contributed by atoms with E-state index in [1.54, 1.807) is 14.0 Å². The second-order valence-electron chi connectivity index (χ2n) is 6.04. The normalized spacial score (nSPS) is 12.8. The van der Waals surface area contributed by atoms with E-state index in [0.717, 1.165) is 12.1 Å². The van der Waals surface area contributed by atoms with E-state index >= 15 is 0 Å². The topological polar surface area (TPSA) is 84.6 Å². The first-order valence-electron chi connectivity index (χ1n) is 8.89. The molecule has 0 aliphatic carbocycles. The Hall–Kier alpha value is -2.05. The van der Waals surface area contributed by atoms with Crippen LogP contribution in [0, 0.1) is 6.92 Å². The molecular formula is C18H25F3IN5O2. The van der Waals surface area contributed by atoms with Crippen LogP contribution in [0.1, 0.15) is 30.6 Å². The summed E-state index contributed by atoms with van der Waals surface area (Å²) < 4.78 is 49.2. The highest BCUT2D eigenvalue weighted by Crippen LogP contribution is 2.31. The van der Waals surface area contributed by atoms with Crippen molar-refractivity contribution in [3.8, 4) is 5.75 Å². The van der Waals surface area contributed by atoms with Gasteiger partial charge in [-0.25, -0.2) is 0 Å². The minimum absolute atomic E-state index is 0. The molecule has 29 heavy (non-hydrogen) atoms. The number of aliphatic imine (C=N–C) groups is 1. The van der Waals surface area contributed by atoms with E-state index in [1.807, 2.05) is 6.92 Å². The van der Waals surface area contributed by atoms with Gasteiger partial charge in [-0.05, 0) is 31.5 Å². The Morgan fingerprint density at radius 1 is 1.31 bits per heavy atom. The summed E-state index contributed by atoms with van der Waals surface area (Å²) in [4.78, 5) is 8.22. The van der Waals surface area contributed by atoms with Crippen molar-refractivity contribution in [2.24, 2.45) is 4.99 Å². The number of ether oxygens (including phenoxy) is 1. The second kappa shape index (κ2) is 11.8. The minimum Gasteiger partial charge on any atom is -0.489 e. The molecule has 0 aliphatic heterocycles. The molecule has 0 saturated heterocycles. The van der Waals surface area contributed by atoms with Gasteiger partial charge in [-0.1, -0.05) is 18.1 Å². The maximum Gasteiger partial charge on any atom is 0.416 e. The molecule has 162 valence electrons. The highest BCUT2D eigenvalue weighted by molar-refractivity contribution is 14.0. The third-order valence-electron chi connectivity index (χ3n) is 3.84. The molecule has 2 aromatic rings. The van der Waals surface area contributed by atoms with E-state index in [-0.39, 0.29) is 35.8 Å². The van der Waals surface area contributed by atoms with Gasteiger partial charge in [-0.2, -0.15) is 18.2 Å². The fraction of sp³-hybridized carbons (Fsp3) is 0.500. The van der Waals surface area contributed by atoms with Crippen LogP contribution >= 0.6 is 24.0 Å². The zero-order valence-corrected chi connectivity index (χ0v) is 18.7. The van der Waals surface area contributed by atoms with Gasteiger partial charge < -0.3 is 19.9 Å². The molecule has 2 rings (SSSR count). The molecule has 0 spiro atoms. The van der Waals surface area contributed by atoms with Crippen molar-refractivity contribution < 1.29 is 22.4 Å². The number of hydrogen-bond donors (Lipinski definition) is 2. The standard InChI is InChI=1S/C18H24F3N5O2.HI/c1-4-14(27-15-7-5-6-13(10-15)18(19,20)21)11-24-17(22-3)23-9-8-16-25-12(2)26-28-16;/h5-7,10,14H,4,8-9,11H2,1-3H3,(H2,22,23,24);1H. The van der Waals surface area contributed by atoms with Gasteiger partial charge in [0.1, 0.15) is 11.9 Å². The third kappa shape index (κ3) is 8.46. The van der Waals surface area contributed by atoms with Crippen LogP contribution in [0.2, 0.25) is 0 Å². The van der Waals surface area contributed by atoms with Crippen LogP contribution in [0.5, 0.6) is 5.75 Å². The number of nitrogens with zero attached hydrogens (tertiary/aromatic N) is 3. The highest BCUT2D eigenvalue weighted by Gasteiger charge is 2.30. The molecule has 0 bridgehead atoms. The van der Waals surface area contributed by atoms with E-state index in [2.05, 4.69) is 25.8 Å². The van der Waals surface area contributed by atoms with Crippen molar-refractivity contribution in [2.45, 2.75) is 39.0 Å². The first kappa shape index (κ1) is 25.0. The summed E-state index contributed by atoms with van der Waals surface area (Å²) in [5.74, 6) is 1.83. The lowest BCUT2D eigenvalue weighted by molar-refractivity contribution is -0.137. The van der Waals surface area contributed by atoms with Crippen molar-refractivity contribution in [1.82, 2.24) is 20.8 Å². The first-order chi connectivity index (χ1) is 13.3. The molecule has 7 nitrogen and oxygen atoms in total. The molecule has 1 aromatic carbocycles. The predicted molar refractivity (Wildman–Crippen MR) is 114 cm³/mol. The fourth-order valence-corrected chi connectivity index (χ4v) is 2.37. The SMILES string of the molecule is CCC(CNC(=NC)NCCc1nc(C)no1)Oc1cccc(C(F)(F)F)c1.I. The predicted octanol–water partition coefficient (Wildman–Crippen LogP) is 3.58. The maximum absolute atomic E-state index is 12.8. The molecule has 0 radical (unpaired) electrons. The Balaban J connectivity index is 0.00000420. The van der Waals surface area contributed by atoms with E-state index in [1.165, 1.54) is 12.1 Å². The molecule has 1 heterocycles. The maximum atomic E-state index is 12.8. The average molecular weight is 527 g/mol. The van der Waals surface area contributed by atoms with E-state index < -0.39 is 11.7 Å². The minimum atomic E-state index is -4.40. The number of guanidine groups is 1. The van der Waals surface area contributed by atoms with Gasteiger partial charge in [-0.3, -0.25) is 4.99 Å². The van der Waals surface area contributed by atoms with Gasteiger partial charge in [0.05, 0.1) is 12.1 Å². The van der Waals surface area contributed by atoms with Crippen molar-refractivity contribution >= 4 is 29.9 Å². The smallest absolute Gasteiger partial charge is 0.416 e. The highest BCUT2D eigenvalue weighted by atomic mass is 127. The lowest BCUT2D eigenvalue weighted by atomic mass is 10.2. The lowest BCUT2D eigenvalue weighted by Gasteiger charge is -2.20. The Bertz CT molecular complexity index is 783. The lowest BCUT2D eigenvalue weighted by Crippen LogP contribution is -2.43. The average Bonchev–Trinajstić information content (AvgIpc) is 3.08. The van der Waals surface area contributed by atoms with Gasteiger partial charge >= 0.3 is 6.18 Å². The van der Waals surface area contributed by atoms with Gasteiger partial charge in [0, 0.05) is 20.0 Å². The number of benzene rings is 1. The van der Waals surface area contributed by atoms with Crippen LogP contribution < -0.4 is 15.4 Å². The Labute approximate surface area is 184 Å². The first-order valence-corrected chi connectivity index (χ1v) is 8.89. The zero-order valence-electron chi connectivity index (χ0n) is 16.4. The summed E-state index contributed by atoms with van der Waals surface area (Å²) in [6.07, 6.45) is -3.57. The fourth-order valence-electron chi connectivity index (χ4n) is 2.37. The summed E-state index contributed by atoms with van der Waals surface area (Å²) >= 11 is 0. The third-order valence-corrected chi connectivity index (χ3v) is 3.84. The second-order valence-corrected chi connectivity index (χ2v) is 6.04. The molecule has 1 aromatic heterocycles. The van der Waals surface area contributed by atoms with Crippen LogP contribution in [-0.2, 0) is 12.6 Å². The van der Waals surface area contributed by atoms with Crippen molar-refractivity contribution in [2.75, 3.05) is 20.1 Å². The van der Waals surface area contributed by atoms with Crippen LogP contribution in [0.15, 0.2) is 33.8 Å². The number of nitrogens with one attached hydrogen (secondary N) is 2. The van der Waals surface area contributed by atoms with E-state index in [4.69, 9.17) is 9.26 Å². The van der Waals surface area contributed by atoms with Crippen molar-refractivity contribution in [3.63, 3.8) is 0 Å². The summed E-state index contributed by atoms with van der Waals surface area (Å²) in [5, 5.41) is 9.93. The summed E-state index contributed by atoms with van der Waals surface area (Å²) in [7, 11) is 1.63. The monoisotopic (exact) mass is 527 g/mol. The summed E-state index contributed by atoms with van der Waals surface area (Å²) in [6, 6.07) is 4.86. The van der Waals surface area contributed by atoms with Crippen LogP contribution in [0.4, 0.5) is 13.2 Å². The Kier molecular flexibility index (Phi) is 10.2. The number of rotatable bonds is 8. The molecule has 2 N–H and O–H groups in total. The molecule has 0 saturated carbocycles. The van der Waals surface area contributed by atoms with Gasteiger partial charge in [0.2, 0.25) is 5.89 Å². The summed E-state index contributed by atoms with van der Waals surface area (Å²) in [6.45, 7) is 4.56. The molecule has 1 unspecified atom stereocenters. The number of aryl methyl sites for hydroxylation is 1. The van der Waals surface area contributed by atoms with Crippen LogP contribution in [0.25, 0.3) is 0 Å². The van der Waals surface area contributed by atoms with E-state index in [0.29, 0.717) is 43.6 Å². The Morgan fingerprint density at radius 3 is 2.66 bits per heavy atom. The van der Waals surface area contributed by atoms with Crippen LogP contribution in [0.3, 0.4) is 0 Å². The number of hydrogen-bond acceptors (Lipinski definition) is 5. The zero-order chi connectivity index (χ0) is 20.6. The molecule has 11 heteroatoms. The summed E-state index contributed by atoms with van der Waals surface area (Å²) in [5.41, 5.74) is -0.735. The Morgan fingerprint density at radius 2 is 2.07 bits per heavy atom. The molecular weight excluding hydrogens is 502 g/mol. The number of alkyl halides is 3. The van der Waals surface area contributed by atoms with Crippen LogP contribution in [-0.4, -0.2) is 42.3 Å². The molecule has 0 aliphatic rings. The quantitative estimate of drug-likeness (QED) is 0.310. The van der Waals surface area contributed by atoms with Gasteiger partial charge in [-0.15, -0.1) is 24.0 Å². The number of halogens is 4. The molecule has 0 fully saturated rings. The molecule has 0 amide bonds. The molecule has 1 atom stereocenters. The largest absolute Gasteiger partial charge is 0.489 e. The number of aromatic nitrogens is 2. The van der Waals surface area contributed by atoms with Gasteiger partial charge in [0.15, 0.2) is 11.8 Å². The van der Waals surface area contributed by atoms with Crippen molar-refractivity contribution in [1.29, 1.82) is 0 Å². The van der Waals surface area contributed by atoms with E-state index in [9.17, 15) is 13.2 Å². The van der Waals surface area contributed by atoms with Gasteiger partial charge in [0.25, 0.3) is 0 Å². The van der Waals surface area contributed by atoms with Crippen molar-refractivity contribution in [3.05, 3.63) is 41.5 Å².